The third-order valence-corrected chi connectivity index (χ3v) is 5.65. The predicted molar refractivity (Wildman–Crippen MR) is 127 cm³/mol. The molecule has 0 aliphatic heterocycles. The van der Waals surface area contributed by atoms with E-state index < -0.39 is 12.0 Å². The van der Waals surface area contributed by atoms with Gasteiger partial charge in [0.15, 0.2) is 0 Å². The summed E-state index contributed by atoms with van der Waals surface area (Å²) in [6.45, 7) is 15.0. The number of nitrogens with two attached hydrogens (primary N) is 1. The number of aliphatic carboxylic acids is 1. The molecule has 174 valence electrons. The van der Waals surface area contributed by atoms with Crippen LogP contribution in [0.1, 0.15) is 84.6 Å². The fourth-order valence-electron chi connectivity index (χ4n) is 3.62. The van der Waals surface area contributed by atoms with Crippen molar-refractivity contribution >= 4 is 5.97 Å². The molecule has 0 fully saturated rings. The average Bonchev–Trinajstić information content (AvgIpc) is 2.74. The van der Waals surface area contributed by atoms with Gasteiger partial charge in [0.25, 0.3) is 0 Å². The Balaban J connectivity index is 0.000000579. The number of unbranched alkanes of at least 4 members (excludes halogenated alkanes) is 4. The molecular formula is C25H47N2O3+. The zero-order valence-corrected chi connectivity index (χ0v) is 19.9. The van der Waals surface area contributed by atoms with Crippen LogP contribution in [0.15, 0.2) is 24.3 Å². The van der Waals surface area contributed by atoms with Gasteiger partial charge >= 0.3 is 5.97 Å². The number of phenolic OH excluding ortho intramolecular Hbond substituents is 1. The molecule has 0 radical (unpaired) electrons. The summed E-state index contributed by atoms with van der Waals surface area (Å²) in [5.74, 6) is -0.860. The number of nitrogens with zero attached hydrogens (tertiary/aromatic N) is 1. The van der Waals surface area contributed by atoms with Crippen molar-refractivity contribution in [2.24, 2.45) is 5.73 Å². The molecule has 0 saturated carbocycles. The largest absolute Gasteiger partial charge is 0.508 e. The fraction of sp³-hybridized carbons (Fsp3) is 0.720. The average molecular weight is 424 g/mol. The van der Waals surface area contributed by atoms with Crippen LogP contribution >= 0.6 is 0 Å². The molecule has 0 saturated heterocycles. The molecule has 4 N–H and O–H groups in total. The van der Waals surface area contributed by atoms with Gasteiger partial charge in [-0.15, -0.1) is 0 Å². The third-order valence-electron chi connectivity index (χ3n) is 5.65. The SMILES string of the molecule is CCCC[N+](CCCC)(CCCC)CCCC.N[C@@H](Cc1ccc(O)cc1)C(=O)O. The number of carboxylic acids is 1. The summed E-state index contributed by atoms with van der Waals surface area (Å²) >= 11 is 0. The van der Waals surface area contributed by atoms with Gasteiger partial charge < -0.3 is 20.4 Å². The number of hydrogen-bond acceptors (Lipinski definition) is 3. The van der Waals surface area contributed by atoms with Crippen molar-refractivity contribution in [1.82, 2.24) is 0 Å². The number of aromatic hydroxyl groups is 1. The van der Waals surface area contributed by atoms with E-state index in [1.807, 2.05) is 0 Å². The number of carboxylic acid groups (broad SMARTS) is 1. The summed E-state index contributed by atoms with van der Waals surface area (Å²) < 4.78 is 1.42. The van der Waals surface area contributed by atoms with Crippen molar-refractivity contribution in [3.8, 4) is 5.75 Å². The lowest BCUT2D eigenvalue weighted by molar-refractivity contribution is -0.929. The van der Waals surface area contributed by atoms with Gasteiger partial charge in [-0.2, -0.15) is 0 Å². The highest BCUT2D eigenvalue weighted by Crippen LogP contribution is 2.16. The molecule has 0 spiro atoms. The first kappa shape index (κ1) is 28.4. The van der Waals surface area contributed by atoms with Crippen LogP contribution in [0.4, 0.5) is 0 Å². The van der Waals surface area contributed by atoms with Crippen LogP contribution in [-0.4, -0.2) is 52.9 Å². The maximum Gasteiger partial charge on any atom is 0.320 e. The molecule has 1 aromatic carbocycles. The van der Waals surface area contributed by atoms with Gasteiger partial charge in [0.2, 0.25) is 0 Å². The first-order valence-corrected chi connectivity index (χ1v) is 11.9. The zero-order valence-electron chi connectivity index (χ0n) is 19.9. The van der Waals surface area contributed by atoms with Gasteiger partial charge in [-0.25, -0.2) is 0 Å². The molecule has 0 aliphatic rings. The number of benzene rings is 1. The number of quaternary nitrogens is 1. The van der Waals surface area contributed by atoms with E-state index in [-0.39, 0.29) is 12.2 Å². The van der Waals surface area contributed by atoms with E-state index in [4.69, 9.17) is 15.9 Å². The van der Waals surface area contributed by atoms with E-state index >= 15 is 0 Å². The minimum atomic E-state index is -1.02. The van der Waals surface area contributed by atoms with Crippen LogP contribution < -0.4 is 5.73 Å². The molecule has 0 unspecified atom stereocenters. The van der Waals surface area contributed by atoms with E-state index in [9.17, 15) is 4.79 Å². The van der Waals surface area contributed by atoms with E-state index in [0.29, 0.717) is 0 Å². The van der Waals surface area contributed by atoms with Crippen molar-refractivity contribution < 1.29 is 19.5 Å². The van der Waals surface area contributed by atoms with Crippen LogP contribution in [0.3, 0.4) is 0 Å². The Hall–Kier alpha value is -1.59. The fourth-order valence-corrected chi connectivity index (χ4v) is 3.62. The highest BCUT2D eigenvalue weighted by molar-refractivity contribution is 5.73. The minimum Gasteiger partial charge on any atom is -0.508 e. The van der Waals surface area contributed by atoms with Crippen LogP contribution in [0.5, 0.6) is 5.75 Å². The quantitative estimate of drug-likeness (QED) is 0.332. The van der Waals surface area contributed by atoms with E-state index in [0.717, 1.165) is 5.56 Å². The first-order chi connectivity index (χ1) is 14.3. The maximum atomic E-state index is 10.4. The van der Waals surface area contributed by atoms with Gasteiger partial charge in [0.1, 0.15) is 11.8 Å². The van der Waals surface area contributed by atoms with Gasteiger partial charge in [-0.3, -0.25) is 4.79 Å². The van der Waals surface area contributed by atoms with Crippen molar-refractivity contribution in [2.45, 2.75) is 91.5 Å². The highest BCUT2D eigenvalue weighted by atomic mass is 16.4. The van der Waals surface area contributed by atoms with Crippen LogP contribution in [0.2, 0.25) is 0 Å². The smallest absolute Gasteiger partial charge is 0.320 e. The highest BCUT2D eigenvalue weighted by Gasteiger charge is 2.24. The zero-order chi connectivity index (χ0) is 22.8. The Kier molecular flexibility index (Phi) is 16.2. The Morgan fingerprint density at radius 2 is 1.20 bits per heavy atom. The molecule has 5 nitrogen and oxygen atoms in total. The molecule has 0 amide bonds. The number of hydrogen-bond donors (Lipinski definition) is 3. The molecule has 5 heteroatoms. The van der Waals surface area contributed by atoms with Crippen molar-refractivity contribution in [2.75, 3.05) is 26.2 Å². The summed E-state index contributed by atoms with van der Waals surface area (Å²) in [5.41, 5.74) is 6.12. The van der Waals surface area contributed by atoms with E-state index in [1.165, 1.54) is 94.2 Å². The molecule has 0 aliphatic carbocycles. The van der Waals surface area contributed by atoms with Crippen LogP contribution in [-0.2, 0) is 11.2 Å². The number of carbonyl (C=O) groups is 1. The molecule has 0 heterocycles. The maximum absolute atomic E-state index is 10.4. The van der Waals surface area contributed by atoms with Crippen molar-refractivity contribution in [3.63, 3.8) is 0 Å². The van der Waals surface area contributed by atoms with Gasteiger partial charge in [-0.05, 0) is 49.8 Å². The van der Waals surface area contributed by atoms with Crippen LogP contribution in [0, 0.1) is 0 Å². The first-order valence-electron chi connectivity index (χ1n) is 11.9. The number of rotatable bonds is 15. The Morgan fingerprint density at radius 3 is 1.50 bits per heavy atom. The molecule has 0 aromatic heterocycles. The molecule has 30 heavy (non-hydrogen) atoms. The van der Waals surface area contributed by atoms with Crippen molar-refractivity contribution in [1.29, 1.82) is 0 Å². The second-order valence-electron chi connectivity index (χ2n) is 8.47. The third kappa shape index (κ3) is 12.9. The Bertz CT molecular complexity index is 508. The molecule has 1 atom stereocenters. The summed E-state index contributed by atoms with van der Waals surface area (Å²) in [6.07, 6.45) is 11.3. The van der Waals surface area contributed by atoms with E-state index in [2.05, 4.69) is 27.7 Å². The van der Waals surface area contributed by atoms with E-state index in [1.54, 1.807) is 12.1 Å². The Morgan fingerprint density at radius 1 is 0.833 bits per heavy atom. The standard InChI is InChI=1S/C16H36N.C9H11NO3/c1-5-9-13-17(14-10-6-2,15-11-7-3)16-12-8-4;10-8(9(12)13)5-6-1-3-7(11)4-2-6/h5-16H2,1-4H3;1-4,8,11H,5,10H2,(H,12,13)/q+1;/t;8-/m.0/s1. The molecular weight excluding hydrogens is 376 g/mol. The van der Waals surface area contributed by atoms with Crippen LogP contribution in [0.25, 0.3) is 0 Å². The van der Waals surface area contributed by atoms with Gasteiger partial charge in [0.05, 0.1) is 26.2 Å². The lowest BCUT2D eigenvalue weighted by Gasteiger charge is -2.39. The van der Waals surface area contributed by atoms with Gasteiger partial charge in [0, 0.05) is 0 Å². The van der Waals surface area contributed by atoms with Crippen molar-refractivity contribution in [3.05, 3.63) is 29.8 Å². The molecule has 1 rings (SSSR count). The normalized spacial score (nSPS) is 12.2. The molecule has 1 aromatic rings. The summed E-state index contributed by atoms with van der Waals surface area (Å²) in [7, 11) is 0. The van der Waals surface area contributed by atoms with Gasteiger partial charge in [-0.1, -0.05) is 65.5 Å². The summed E-state index contributed by atoms with van der Waals surface area (Å²) in [6, 6.07) is 5.42. The lowest BCUT2D eigenvalue weighted by atomic mass is 10.1. The molecule has 0 bridgehead atoms. The summed E-state index contributed by atoms with van der Waals surface area (Å²) in [5, 5.41) is 17.5. The predicted octanol–water partition coefficient (Wildman–Crippen LogP) is 5.35. The summed E-state index contributed by atoms with van der Waals surface area (Å²) in [4.78, 5) is 10.4. The second kappa shape index (κ2) is 17.1. The number of phenols is 1. The second-order valence-corrected chi connectivity index (χ2v) is 8.47. The lowest BCUT2D eigenvalue weighted by Crippen LogP contribution is -2.50. The Labute approximate surface area is 184 Å². The topological polar surface area (TPSA) is 83.5 Å². The minimum absolute atomic E-state index is 0.160. The monoisotopic (exact) mass is 423 g/mol.